The van der Waals surface area contributed by atoms with Crippen molar-refractivity contribution >= 4 is 16.0 Å². The Morgan fingerprint density at radius 3 is 3.05 bits per heavy atom. The predicted molar refractivity (Wildman–Crippen MR) is 70.8 cm³/mol. The van der Waals surface area contributed by atoms with Crippen LogP contribution in [0.1, 0.15) is 30.1 Å². The molecule has 1 aliphatic heterocycles. The standard InChI is InChI=1S/C11H18N4O4S/c1-2-19-11(16)9-7-13-14-10(9)20(17,18)15-8-4-3-5-12-6-8/h7-8,12,15H,2-6H2,1H3,(H,13,14). The van der Waals surface area contributed by atoms with Crippen LogP contribution >= 0.6 is 0 Å². The molecule has 9 heteroatoms. The Morgan fingerprint density at radius 1 is 1.60 bits per heavy atom. The Bertz CT molecular complexity index is 563. The Hall–Kier alpha value is -1.45. The van der Waals surface area contributed by atoms with E-state index in [1.54, 1.807) is 6.92 Å². The van der Waals surface area contributed by atoms with E-state index < -0.39 is 16.0 Å². The van der Waals surface area contributed by atoms with Crippen LogP contribution in [0.5, 0.6) is 0 Å². The minimum absolute atomic E-state index is 0.0804. The summed E-state index contributed by atoms with van der Waals surface area (Å²) >= 11 is 0. The van der Waals surface area contributed by atoms with E-state index in [9.17, 15) is 13.2 Å². The lowest BCUT2D eigenvalue weighted by atomic mass is 10.1. The van der Waals surface area contributed by atoms with Gasteiger partial charge in [0.05, 0.1) is 12.8 Å². The van der Waals surface area contributed by atoms with Gasteiger partial charge in [-0.15, -0.1) is 0 Å². The topological polar surface area (TPSA) is 113 Å². The normalized spacial score (nSPS) is 19.8. The molecule has 112 valence electrons. The fourth-order valence-corrected chi connectivity index (χ4v) is 3.42. The lowest BCUT2D eigenvalue weighted by molar-refractivity contribution is 0.0522. The minimum Gasteiger partial charge on any atom is -0.462 e. The summed E-state index contributed by atoms with van der Waals surface area (Å²) in [6.07, 6.45) is 2.82. The number of nitrogens with one attached hydrogen (secondary N) is 3. The Morgan fingerprint density at radius 2 is 2.40 bits per heavy atom. The first kappa shape index (κ1) is 14.9. The number of piperidine rings is 1. The van der Waals surface area contributed by atoms with E-state index in [2.05, 4.69) is 20.2 Å². The van der Waals surface area contributed by atoms with Crippen LogP contribution in [0.25, 0.3) is 0 Å². The van der Waals surface area contributed by atoms with Gasteiger partial charge in [0.25, 0.3) is 10.0 Å². The number of rotatable bonds is 5. The number of aromatic amines is 1. The molecule has 1 unspecified atom stereocenters. The fraction of sp³-hybridized carbons (Fsp3) is 0.636. The van der Waals surface area contributed by atoms with Crippen LogP contribution in [0.3, 0.4) is 0 Å². The van der Waals surface area contributed by atoms with Crippen LogP contribution in [0.15, 0.2) is 11.2 Å². The van der Waals surface area contributed by atoms with Gasteiger partial charge in [0.2, 0.25) is 0 Å². The zero-order valence-electron chi connectivity index (χ0n) is 11.2. The molecule has 0 aromatic carbocycles. The molecule has 1 aromatic heterocycles. The highest BCUT2D eigenvalue weighted by Crippen LogP contribution is 2.15. The number of hydrogen-bond acceptors (Lipinski definition) is 6. The minimum atomic E-state index is -3.82. The van der Waals surface area contributed by atoms with Crippen LogP contribution in [0.2, 0.25) is 0 Å². The number of sulfonamides is 1. The van der Waals surface area contributed by atoms with Crippen molar-refractivity contribution in [1.29, 1.82) is 0 Å². The molecule has 1 atom stereocenters. The van der Waals surface area contributed by atoms with Gasteiger partial charge in [-0.2, -0.15) is 5.10 Å². The van der Waals surface area contributed by atoms with Crippen LogP contribution in [-0.4, -0.2) is 50.3 Å². The summed E-state index contributed by atoms with van der Waals surface area (Å²) in [4.78, 5) is 11.7. The van der Waals surface area contributed by atoms with Crippen molar-refractivity contribution in [2.75, 3.05) is 19.7 Å². The van der Waals surface area contributed by atoms with Crippen LogP contribution < -0.4 is 10.0 Å². The summed E-state index contributed by atoms with van der Waals surface area (Å²) in [5.41, 5.74) is -0.0804. The molecular weight excluding hydrogens is 284 g/mol. The second-order valence-electron chi connectivity index (χ2n) is 4.50. The van der Waals surface area contributed by atoms with Gasteiger partial charge in [-0.25, -0.2) is 17.9 Å². The van der Waals surface area contributed by atoms with Crippen molar-refractivity contribution in [3.8, 4) is 0 Å². The monoisotopic (exact) mass is 302 g/mol. The van der Waals surface area contributed by atoms with Crippen molar-refractivity contribution in [2.24, 2.45) is 0 Å². The highest BCUT2D eigenvalue weighted by molar-refractivity contribution is 7.89. The van der Waals surface area contributed by atoms with Gasteiger partial charge in [0.15, 0.2) is 5.03 Å². The summed E-state index contributed by atoms with van der Waals surface area (Å²) in [5.74, 6) is -0.705. The Labute approximate surface area is 117 Å². The van der Waals surface area contributed by atoms with Crippen molar-refractivity contribution < 1.29 is 17.9 Å². The van der Waals surface area contributed by atoms with Crippen LogP contribution in [-0.2, 0) is 14.8 Å². The predicted octanol–water partition coefficient (Wildman–Crippen LogP) is -0.383. The van der Waals surface area contributed by atoms with Crippen LogP contribution in [0.4, 0.5) is 0 Å². The molecule has 0 spiro atoms. The molecule has 0 aliphatic carbocycles. The third kappa shape index (κ3) is 3.35. The highest BCUT2D eigenvalue weighted by Gasteiger charge is 2.28. The second-order valence-corrected chi connectivity index (χ2v) is 6.15. The average Bonchev–Trinajstić information content (AvgIpc) is 2.90. The van der Waals surface area contributed by atoms with Gasteiger partial charge in [0.1, 0.15) is 5.56 Å². The van der Waals surface area contributed by atoms with Gasteiger partial charge in [-0.05, 0) is 26.3 Å². The molecule has 0 amide bonds. The molecule has 1 fully saturated rings. The van der Waals surface area contributed by atoms with E-state index in [-0.39, 0.29) is 23.2 Å². The van der Waals surface area contributed by atoms with E-state index in [4.69, 9.17) is 4.74 Å². The number of carbonyl (C=O) groups excluding carboxylic acids is 1. The second kappa shape index (κ2) is 6.33. The molecule has 2 rings (SSSR count). The number of aromatic nitrogens is 2. The Balaban J connectivity index is 2.17. The molecule has 20 heavy (non-hydrogen) atoms. The molecular formula is C11H18N4O4S. The first-order chi connectivity index (χ1) is 9.54. The number of carbonyl (C=O) groups is 1. The molecule has 1 saturated heterocycles. The number of esters is 1. The van der Waals surface area contributed by atoms with Crippen molar-refractivity contribution in [2.45, 2.75) is 30.8 Å². The highest BCUT2D eigenvalue weighted by atomic mass is 32.2. The van der Waals surface area contributed by atoms with E-state index in [1.807, 2.05) is 0 Å². The van der Waals surface area contributed by atoms with E-state index in [0.29, 0.717) is 6.54 Å². The summed E-state index contributed by atoms with van der Waals surface area (Å²) in [6, 6.07) is -0.188. The largest absolute Gasteiger partial charge is 0.462 e. The number of hydrogen-bond donors (Lipinski definition) is 3. The molecule has 0 radical (unpaired) electrons. The third-order valence-electron chi connectivity index (χ3n) is 2.99. The van der Waals surface area contributed by atoms with E-state index in [1.165, 1.54) is 0 Å². The van der Waals surface area contributed by atoms with Crippen molar-refractivity contribution in [3.63, 3.8) is 0 Å². The first-order valence-corrected chi connectivity index (χ1v) is 7.96. The van der Waals surface area contributed by atoms with Gasteiger partial charge in [0, 0.05) is 12.6 Å². The lowest BCUT2D eigenvalue weighted by Crippen LogP contribution is -2.45. The molecule has 1 aromatic rings. The lowest BCUT2D eigenvalue weighted by Gasteiger charge is -2.23. The zero-order chi connectivity index (χ0) is 14.6. The molecule has 0 bridgehead atoms. The van der Waals surface area contributed by atoms with Crippen molar-refractivity contribution in [3.05, 3.63) is 11.8 Å². The zero-order valence-corrected chi connectivity index (χ0v) is 12.0. The van der Waals surface area contributed by atoms with Gasteiger partial charge >= 0.3 is 5.97 Å². The summed E-state index contributed by atoms with van der Waals surface area (Å²) in [6.45, 7) is 3.28. The number of H-pyrrole nitrogens is 1. The van der Waals surface area contributed by atoms with Crippen LogP contribution in [0, 0.1) is 0 Å². The number of nitrogens with zero attached hydrogens (tertiary/aromatic N) is 1. The summed E-state index contributed by atoms with van der Waals surface area (Å²) in [5, 5.41) is 8.84. The summed E-state index contributed by atoms with van der Waals surface area (Å²) in [7, 11) is -3.82. The maximum Gasteiger partial charge on any atom is 0.342 e. The SMILES string of the molecule is CCOC(=O)c1cn[nH]c1S(=O)(=O)NC1CCCNC1. The third-order valence-corrected chi connectivity index (χ3v) is 4.48. The number of ether oxygens (including phenoxy) is 1. The maximum absolute atomic E-state index is 12.3. The van der Waals surface area contributed by atoms with E-state index in [0.717, 1.165) is 25.6 Å². The van der Waals surface area contributed by atoms with Gasteiger partial charge in [-0.3, -0.25) is 5.10 Å². The fourth-order valence-electron chi connectivity index (χ4n) is 2.06. The maximum atomic E-state index is 12.3. The smallest absolute Gasteiger partial charge is 0.342 e. The molecule has 3 N–H and O–H groups in total. The molecule has 2 heterocycles. The summed E-state index contributed by atoms with van der Waals surface area (Å²) < 4.78 is 31.9. The first-order valence-electron chi connectivity index (χ1n) is 6.48. The van der Waals surface area contributed by atoms with Gasteiger partial charge in [-0.1, -0.05) is 0 Å². The quantitative estimate of drug-likeness (QED) is 0.639. The molecule has 8 nitrogen and oxygen atoms in total. The van der Waals surface area contributed by atoms with Gasteiger partial charge < -0.3 is 10.1 Å². The average molecular weight is 302 g/mol. The molecule has 0 saturated carbocycles. The van der Waals surface area contributed by atoms with Crippen molar-refractivity contribution in [1.82, 2.24) is 20.2 Å². The molecule has 1 aliphatic rings. The Kier molecular flexibility index (Phi) is 4.73. The van der Waals surface area contributed by atoms with E-state index >= 15 is 0 Å².